The number of carbonyl (C=O) groups is 2. The first-order valence-corrected chi connectivity index (χ1v) is 5.79. The van der Waals surface area contributed by atoms with E-state index >= 15 is 0 Å². The standard InChI is InChI=1S/C12H11BrFNO3/c1-6(7(2)12(17)18)11(16)15-10-5-8(14)3-4-9(10)13/h3-5H,1-2H3,(H,15,16)(H,17,18)/b7-6+. The lowest BCUT2D eigenvalue weighted by atomic mass is 10.1. The summed E-state index contributed by atoms with van der Waals surface area (Å²) in [4.78, 5) is 22.5. The summed E-state index contributed by atoms with van der Waals surface area (Å²) in [5, 5.41) is 11.2. The van der Waals surface area contributed by atoms with Crippen LogP contribution in [0.15, 0.2) is 33.8 Å². The van der Waals surface area contributed by atoms with Crippen molar-refractivity contribution >= 4 is 33.5 Å². The van der Waals surface area contributed by atoms with Crippen LogP contribution >= 0.6 is 15.9 Å². The number of hydrogen-bond acceptors (Lipinski definition) is 2. The lowest BCUT2D eigenvalue weighted by Gasteiger charge is -2.08. The number of halogens is 2. The summed E-state index contributed by atoms with van der Waals surface area (Å²) in [6.07, 6.45) is 0. The normalized spacial score (nSPS) is 11.8. The Labute approximate surface area is 112 Å². The van der Waals surface area contributed by atoms with Crippen molar-refractivity contribution in [2.24, 2.45) is 0 Å². The summed E-state index contributed by atoms with van der Waals surface area (Å²) in [6.45, 7) is 2.73. The molecule has 18 heavy (non-hydrogen) atoms. The third-order valence-corrected chi connectivity index (χ3v) is 3.09. The van der Waals surface area contributed by atoms with Crippen LogP contribution in [-0.4, -0.2) is 17.0 Å². The Morgan fingerprint density at radius 3 is 2.44 bits per heavy atom. The van der Waals surface area contributed by atoms with Crippen LogP contribution in [0.2, 0.25) is 0 Å². The molecule has 0 unspecified atom stereocenters. The van der Waals surface area contributed by atoms with Crippen LogP contribution in [0.5, 0.6) is 0 Å². The van der Waals surface area contributed by atoms with Crippen molar-refractivity contribution in [1.82, 2.24) is 0 Å². The number of carboxylic acid groups (broad SMARTS) is 1. The first kappa shape index (κ1) is 14.4. The van der Waals surface area contributed by atoms with E-state index in [2.05, 4.69) is 21.2 Å². The second-order valence-corrected chi connectivity index (χ2v) is 4.49. The van der Waals surface area contributed by atoms with Gasteiger partial charge in [0.25, 0.3) is 5.91 Å². The van der Waals surface area contributed by atoms with Crippen molar-refractivity contribution in [1.29, 1.82) is 0 Å². The lowest BCUT2D eigenvalue weighted by Crippen LogP contribution is -2.16. The maximum Gasteiger partial charge on any atom is 0.331 e. The largest absolute Gasteiger partial charge is 0.478 e. The molecule has 96 valence electrons. The summed E-state index contributed by atoms with van der Waals surface area (Å²) in [7, 11) is 0. The molecule has 0 atom stereocenters. The van der Waals surface area contributed by atoms with Crippen LogP contribution < -0.4 is 5.32 Å². The number of carboxylic acids is 1. The van der Waals surface area contributed by atoms with E-state index in [9.17, 15) is 14.0 Å². The molecule has 2 N–H and O–H groups in total. The molecule has 0 saturated heterocycles. The Balaban J connectivity index is 2.98. The van der Waals surface area contributed by atoms with Gasteiger partial charge in [-0.1, -0.05) is 0 Å². The molecule has 0 aromatic heterocycles. The molecule has 1 aromatic carbocycles. The topological polar surface area (TPSA) is 66.4 Å². The van der Waals surface area contributed by atoms with E-state index in [1.54, 1.807) is 0 Å². The molecule has 0 aliphatic rings. The quantitative estimate of drug-likeness (QED) is 0.843. The average Bonchev–Trinajstić information content (AvgIpc) is 2.31. The van der Waals surface area contributed by atoms with E-state index in [-0.39, 0.29) is 16.8 Å². The summed E-state index contributed by atoms with van der Waals surface area (Å²) in [5.74, 6) is -2.24. The summed E-state index contributed by atoms with van der Waals surface area (Å²) < 4.78 is 13.5. The van der Waals surface area contributed by atoms with Crippen LogP contribution in [-0.2, 0) is 9.59 Å². The van der Waals surface area contributed by atoms with Crippen LogP contribution in [0.4, 0.5) is 10.1 Å². The van der Waals surface area contributed by atoms with Gasteiger partial charge in [-0.05, 0) is 48.0 Å². The van der Waals surface area contributed by atoms with E-state index < -0.39 is 17.7 Å². The summed E-state index contributed by atoms with van der Waals surface area (Å²) in [6, 6.07) is 3.84. The zero-order valence-corrected chi connectivity index (χ0v) is 11.3. The Morgan fingerprint density at radius 2 is 1.89 bits per heavy atom. The monoisotopic (exact) mass is 315 g/mol. The number of rotatable bonds is 3. The van der Waals surface area contributed by atoms with Crippen molar-refractivity contribution < 1.29 is 19.1 Å². The Hall–Kier alpha value is -1.69. The molecule has 0 fully saturated rings. The number of carbonyl (C=O) groups excluding carboxylic acids is 1. The molecule has 0 aliphatic carbocycles. The zero-order chi connectivity index (χ0) is 13.9. The zero-order valence-electron chi connectivity index (χ0n) is 9.75. The fourth-order valence-corrected chi connectivity index (χ4v) is 1.49. The first-order chi connectivity index (χ1) is 8.32. The van der Waals surface area contributed by atoms with Gasteiger partial charge in [0.05, 0.1) is 5.69 Å². The molecule has 1 amide bonds. The molecule has 1 rings (SSSR count). The number of aliphatic carboxylic acids is 1. The van der Waals surface area contributed by atoms with Gasteiger partial charge in [0.2, 0.25) is 0 Å². The van der Waals surface area contributed by atoms with Gasteiger partial charge in [-0.25, -0.2) is 9.18 Å². The van der Waals surface area contributed by atoms with Gasteiger partial charge in [-0.3, -0.25) is 4.79 Å². The van der Waals surface area contributed by atoms with Gasteiger partial charge < -0.3 is 10.4 Å². The molecule has 1 aromatic rings. The SMILES string of the molecule is C/C(C(=O)O)=C(/C)C(=O)Nc1cc(F)ccc1Br. The van der Waals surface area contributed by atoms with Gasteiger partial charge in [-0.15, -0.1) is 0 Å². The molecule has 0 heterocycles. The second kappa shape index (κ2) is 5.77. The van der Waals surface area contributed by atoms with Crippen molar-refractivity contribution in [3.63, 3.8) is 0 Å². The first-order valence-electron chi connectivity index (χ1n) is 5.00. The highest BCUT2D eigenvalue weighted by atomic mass is 79.9. The average molecular weight is 316 g/mol. The van der Waals surface area contributed by atoms with Crippen molar-refractivity contribution in [3.05, 3.63) is 39.6 Å². The lowest BCUT2D eigenvalue weighted by molar-refractivity contribution is -0.133. The number of hydrogen-bond donors (Lipinski definition) is 2. The number of benzene rings is 1. The smallest absolute Gasteiger partial charge is 0.331 e. The second-order valence-electron chi connectivity index (χ2n) is 3.63. The molecular weight excluding hydrogens is 305 g/mol. The minimum Gasteiger partial charge on any atom is -0.478 e. The van der Waals surface area contributed by atoms with Gasteiger partial charge in [0.15, 0.2) is 0 Å². The predicted octanol–water partition coefficient (Wildman–Crippen LogP) is 2.95. The number of anilines is 1. The molecule has 0 saturated carbocycles. The minimum absolute atomic E-state index is 0.0555. The van der Waals surface area contributed by atoms with E-state index in [0.29, 0.717) is 4.47 Å². The molecule has 0 spiro atoms. The van der Waals surface area contributed by atoms with Crippen molar-refractivity contribution in [2.75, 3.05) is 5.32 Å². The van der Waals surface area contributed by atoms with Crippen LogP contribution in [0.1, 0.15) is 13.8 Å². The fourth-order valence-electron chi connectivity index (χ4n) is 1.14. The van der Waals surface area contributed by atoms with E-state index in [1.807, 2.05) is 0 Å². The molecular formula is C12H11BrFNO3. The highest BCUT2D eigenvalue weighted by Crippen LogP contribution is 2.23. The third-order valence-electron chi connectivity index (χ3n) is 2.40. The molecule has 4 nitrogen and oxygen atoms in total. The molecule has 0 radical (unpaired) electrons. The summed E-state index contributed by atoms with van der Waals surface area (Å²) >= 11 is 3.16. The number of nitrogens with one attached hydrogen (secondary N) is 1. The Kier molecular flexibility index (Phi) is 4.61. The third kappa shape index (κ3) is 3.40. The van der Waals surface area contributed by atoms with E-state index in [0.717, 1.165) is 6.07 Å². The Bertz CT molecular complexity index is 540. The maximum atomic E-state index is 13.0. The number of amides is 1. The highest BCUT2D eigenvalue weighted by molar-refractivity contribution is 9.10. The van der Waals surface area contributed by atoms with Crippen LogP contribution in [0.3, 0.4) is 0 Å². The maximum absolute atomic E-state index is 13.0. The molecule has 0 bridgehead atoms. The van der Waals surface area contributed by atoms with Gasteiger partial charge >= 0.3 is 5.97 Å². The minimum atomic E-state index is -1.17. The van der Waals surface area contributed by atoms with Crippen LogP contribution in [0, 0.1) is 5.82 Å². The summed E-state index contributed by atoms with van der Waals surface area (Å²) in [5.41, 5.74) is 0.260. The van der Waals surface area contributed by atoms with E-state index in [1.165, 1.54) is 26.0 Å². The van der Waals surface area contributed by atoms with Crippen molar-refractivity contribution in [3.8, 4) is 0 Å². The van der Waals surface area contributed by atoms with Crippen LogP contribution in [0.25, 0.3) is 0 Å². The highest BCUT2D eigenvalue weighted by Gasteiger charge is 2.14. The van der Waals surface area contributed by atoms with Gasteiger partial charge in [-0.2, -0.15) is 0 Å². The molecule has 6 heteroatoms. The van der Waals surface area contributed by atoms with Gasteiger partial charge in [0, 0.05) is 15.6 Å². The van der Waals surface area contributed by atoms with Crippen molar-refractivity contribution in [2.45, 2.75) is 13.8 Å². The van der Waals surface area contributed by atoms with E-state index in [4.69, 9.17) is 5.11 Å². The fraction of sp³-hybridized carbons (Fsp3) is 0.167. The molecule has 0 aliphatic heterocycles. The Morgan fingerprint density at radius 1 is 1.28 bits per heavy atom. The predicted molar refractivity (Wildman–Crippen MR) is 68.7 cm³/mol. The van der Waals surface area contributed by atoms with Gasteiger partial charge in [0.1, 0.15) is 5.82 Å².